The van der Waals surface area contributed by atoms with E-state index in [1.54, 1.807) is 18.2 Å². The van der Waals surface area contributed by atoms with E-state index < -0.39 is 0 Å². The van der Waals surface area contributed by atoms with E-state index in [9.17, 15) is 4.79 Å². The van der Waals surface area contributed by atoms with Crippen LogP contribution in [0.3, 0.4) is 0 Å². The average molecular weight is 274 g/mol. The van der Waals surface area contributed by atoms with Crippen LogP contribution in [0, 0.1) is 0 Å². The molecule has 0 aromatic heterocycles. The Labute approximate surface area is 103 Å². The Bertz CT molecular complexity index is 270. The van der Waals surface area contributed by atoms with Gasteiger partial charge in [0.25, 0.3) is 0 Å². The highest BCUT2D eigenvalue weighted by Crippen LogP contribution is 2.21. The highest BCUT2D eigenvalue weighted by Gasteiger charge is 1.92. The number of hydrogen-bond acceptors (Lipinski definition) is 2. The molecule has 86 valence electrons. The number of nitrogens with two attached hydrogens (primary N) is 1. The zero-order valence-electron chi connectivity index (χ0n) is 7.85. The van der Waals surface area contributed by atoms with E-state index in [0.717, 1.165) is 0 Å². The molecule has 1 rings (SSSR count). The Hall–Kier alpha value is -0.520. The molecule has 0 aliphatic carbocycles. The first-order valence-corrected chi connectivity index (χ1v) is 4.68. The Balaban J connectivity index is 0. The zero-order valence-corrected chi connectivity index (χ0v) is 10.1. The largest absolute Gasteiger partial charge is 0.412 e. The number of carbonyl (C=O) groups excluding carboxylic acids is 1. The van der Waals surface area contributed by atoms with Gasteiger partial charge in [-0.3, -0.25) is 10.2 Å². The summed E-state index contributed by atoms with van der Waals surface area (Å²) in [7, 11) is 0. The molecule has 0 fully saturated rings. The molecule has 15 heavy (non-hydrogen) atoms. The first-order valence-electron chi connectivity index (χ1n) is 3.54. The minimum atomic E-state index is -0.218. The van der Waals surface area contributed by atoms with Gasteiger partial charge in [0.1, 0.15) is 0 Å². The molecule has 1 amide bonds. The second kappa shape index (κ2) is 8.76. The number of amides is 1. The van der Waals surface area contributed by atoms with Crippen LogP contribution in [0.25, 0.3) is 0 Å². The lowest BCUT2D eigenvalue weighted by atomic mass is 10.4. The lowest BCUT2D eigenvalue weighted by Gasteiger charge is -1.91. The molecule has 0 unspecified atom stereocenters. The summed E-state index contributed by atoms with van der Waals surface area (Å²) >= 11 is 16.7. The van der Waals surface area contributed by atoms with Gasteiger partial charge in [0.05, 0.1) is 0 Å². The second-order valence-electron chi connectivity index (χ2n) is 2.29. The molecule has 1 aromatic carbocycles. The monoisotopic (exact) mass is 272 g/mol. The summed E-state index contributed by atoms with van der Waals surface area (Å²) in [4.78, 5) is 9.58. The van der Waals surface area contributed by atoms with Crippen molar-refractivity contribution in [2.75, 3.05) is 0 Å². The fourth-order valence-corrected chi connectivity index (χ4v) is 1.39. The Kier molecular flexibility index (Phi) is 9.87. The van der Waals surface area contributed by atoms with Gasteiger partial charge < -0.3 is 5.48 Å². The van der Waals surface area contributed by atoms with Crippen molar-refractivity contribution in [1.29, 1.82) is 0 Å². The van der Waals surface area contributed by atoms with E-state index in [1.165, 1.54) is 6.92 Å². The fourth-order valence-electron chi connectivity index (χ4n) is 0.520. The molecule has 7 heteroatoms. The molecular formula is C8H11Cl3N2O2. The number of hydrazine groups is 1. The lowest BCUT2D eigenvalue weighted by molar-refractivity contribution is -0.119. The molecule has 0 aliphatic heterocycles. The van der Waals surface area contributed by atoms with E-state index in [4.69, 9.17) is 34.8 Å². The van der Waals surface area contributed by atoms with Crippen LogP contribution in [0.4, 0.5) is 0 Å². The third-order valence-corrected chi connectivity index (χ3v) is 1.69. The van der Waals surface area contributed by atoms with Gasteiger partial charge in [-0.1, -0.05) is 34.8 Å². The molecule has 5 N–H and O–H groups in total. The third kappa shape index (κ3) is 9.78. The summed E-state index contributed by atoms with van der Waals surface area (Å²) in [6.07, 6.45) is 0. The van der Waals surface area contributed by atoms with E-state index in [0.29, 0.717) is 15.1 Å². The van der Waals surface area contributed by atoms with E-state index in [-0.39, 0.29) is 11.4 Å². The van der Waals surface area contributed by atoms with Gasteiger partial charge >= 0.3 is 0 Å². The van der Waals surface area contributed by atoms with Crippen LogP contribution in [0.2, 0.25) is 15.1 Å². The number of rotatable bonds is 0. The minimum absolute atomic E-state index is 0. The molecule has 0 atom stereocenters. The zero-order chi connectivity index (χ0) is 11.1. The highest BCUT2D eigenvalue weighted by atomic mass is 35.5. The molecule has 0 saturated carbocycles. The molecular weight excluding hydrogens is 262 g/mol. The number of hydrogen-bond donors (Lipinski definition) is 2. The predicted molar refractivity (Wildman–Crippen MR) is 63.1 cm³/mol. The molecule has 0 spiro atoms. The van der Waals surface area contributed by atoms with Crippen LogP contribution in [0.1, 0.15) is 6.92 Å². The quantitative estimate of drug-likeness (QED) is 0.429. The summed E-state index contributed by atoms with van der Waals surface area (Å²) in [5, 5.41) is 1.69. The number of halogens is 3. The standard InChI is InChI=1S/C6H3Cl3.C2H6N2O.H2O/c7-4-1-5(8)3-6(9)2-4;1-2(5)4-3;/h1-3H;3H2,1H3,(H,4,5);1H2. The number of benzene rings is 1. The smallest absolute Gasteiger partial charge is 0.230 e. The van der Waals surface area contributed by atoms with Gasteiger partial charge in [-0.15, -0.1) is 0 Å². The topological polar surface area (TPSA) is 86.6 Å². The van der Waals surface area contributed by atoms with Crippen molar-refractivity contribution in [3.8, 4) is 0 Å². The van der Waals surface area contributed by atoms with Crippen LogP contribution in [0.15, 0.2) is 18.2 Å². The second-order valence-corrected chi connectivity index (χ2v) is 3.60. The van der Waals surface area contributed by atoms with Crippen LogP contribution < -0.4 is 11.3 Å². The van der Waals surface area contributed by atoms with Gasteiger partial charge in [-0.05, 0) is 18.2 Å². The van der Waals surface area contributed by atoms with Crippen LogP contribution in [0.5, 0.6) is 0 Å². The molecule has 0 aliphatic rings. The average Bonchev–Trinajstić information content (AvgIpc) is 2.02. The predicted octanol–water partition coefficient (Wildman–Crippen LogP) is 1.82. The Morgan fingerprint density at radius 3 is 1.47 bits per heavy atom. The van der Waals surface area contributed by atoms with Crippen molar-refractivity contribution in [3.63, 3.8) is 0 Å². The summed E-state index contributed by atoms with van der Waals surface area (Å²) in [5.74, 6) is 4.35. The maximum Gasteiger partial charge on any atom is 0.230 e. The van der Waals surface area contributed by atoms with Gasteiger partial charge in [0.2, 0.25) is 5.91 Å². The maximum absolute atomic E-state index is 9.58. The van der Waals surface area contributed by atoms with Crippen molar-refractivity contribution < 1.29 is 10.3 Å². The molecule has 0 saturated heterocycles. The van der Waals surface area contributed by atoms with Gasteiger partial charge in [0, 0.05) is 22.0 Å². The fraction of sp³-hybridized carbons (Fsp3) is 0.125. The third-order valence-electron chi connectivity index (χ3n) is 1.03. The van der Waals surface area contributed by atoms with Crippen molar-refractivity contribution in [1.82, 2.24) is 5.43 Å². The summed E-state index contributed by atoms with van der Waals surface area (Å²) in [5.41, 5.74) is 1.89. The molecule has 0 bridgehead atoms. The van der Waals surface area contributed by atoms with E-state index >= 15 is 0 Å². The van der Waals surface area contributed by atoms with Crippen molar-refractivity contribution >= 4 is 40.7 Å². The molecule has 1 aromatic rings. The lowest BCUT2D eigenvalue weighted by Crippen LogP contribution is -2.26. The normalized spacial score (nSPS) is 8.07. The van der Waals surface area contributed by atoms with Gasteiger partial charge in [-0.25, -0.2) is 5.84 Å². The summed E-state index contributed by atoms with van der Waals surface area (Å²) in [6, 6.07) is 4.90. The first-order chi connectivity index (χ1) is 6.45. The van der Waals surface area contributed by atoms with E-state index in [2.05, 4.69) is 5.84 Å². The summed E-state index contributed by atoms with van der Waals surface area (Å²) < 4.78 is 0. The Morgan fingerprint density at radius 2 is 1.33 bits per heavy atom. The molecule has 4 nitrogen and oxygen atoms in total. The number of carbonyl (C=O) groups is 1. The highest BCUT2D eigenvalue weighted by molar-refractivity contribution is 6.38. The van der Waals surface area contributed by atoms with Crippen LogP contribution >= 0.6 is 34.8 Å². The number of nitrogens with one attached hydrogen (secondary N) is 1. The van der Waals surface area contributed by atoms with Gasteiger partial charge in [0.15, 0.2) is 0 Å². The molecule has 0 radical (unpaired) electrons. The van der Waals surface area contributed by atoms with Crippen LogP contribution in [-0.2, 0) is 4.79 Å². The van der Waals surface area contributed by atoms with Crippen LogP contribution in [-0.4, -0.2) is 11.4 Å². The molecule has 0 heterocycles. The van der Waals surface area contributed by atoms with E-state index in [1.807, 2.05) is 5.43 Å². The van der Waals surface area contributed by atoms with Crippen molar-refractivity contribution in [2.24, 2.45) is 5.84 Å². The Morgan fingerprint density at radius 1 is 1.13 bits per heavy atom. The minimum Gasteiger partial charge on any atom is -0.412 e. The first kappa shape index (κ1) is 16.9. The van der Waals surface area contributed by atoms with Crippen molar-refractivity contribution in [2.45, 2.75) is 6.92 Å². The van der Waals surface area contributed by atoms with Crippen molar-refractivity contribution in [3.05, 3.63) is 33.3 Å². The SMILES string of the molecule is CC(=O)NN.Clc1cc(Cl)cc(Cl)c1.O. The van der Waals surface area contributed by atoms with Gasteiger partial charge in [-0.2, -0.15) is 0 Å². The summed E-state index contributed by atoms with van der Waals surface area (Å²) in [6.45, 7) is 1.35. The maximum atomic E-state index is 9.58.